The molecule has 0 aliphatic rings. The molecular weight excluding hydrogens is 310 g/mol. The van der Waals surface area contributed by atoms with E-state index >= 15 is 0 Å². The number of alkyl halides is 1. The number of rotatable bonds is 6. The Bertz CT molecular complexity index is 431. The molecule has 1 aromatic carbocycles. The first-order valence-corrected chi connectivity index (χ1v) is 7.29. The lowest BCUT2D eigenvalue weighted by atomic mass is 10.2. The Morgan fingerprint density at radius 1 is 1.26 bits per heavy atom. The quantitative estimate of drug-likeness (QED) is 0.753. The van der Waals surface area contributed by atoms with Crippen LogP contribution in [0.4, 0.5) is 10.5 Å². The van der Waals surface area contributed by atoms with Gasteiger partial charge in [0.2, 0.25) is 0 Å². The molecule has 0 spiro atoms. The van der Waals surface area contributed by atoms with E-state index in [9.17, 15) is 9.59 Å². The Balaban J connectivity index is 2.82. The Morgan fingerprint density at radius 3 is 2.42 bits per heavy atom. The predicted molar refractivity (Wildman–Crippen MR) is 79.0 cm³/mol. The molecule has 0 aliphatic carbocycles. The lowest BCUT2D eigenvalue weighted by Gasteiger charge is -2.21. The van der Waals surface area contributed by atoms with Crippen molar-refractivity contribution < 1.29 is 14.3 Å². The van der Waals surface area contributed by atoms with Gasteiger partial charge in [-0.15, -0.1) is 0 Å². The second-order valence-corrected chi connectivity index (χ2v) is 4.67. The minimum atomic E-state index is -0.422. The van der Waals surface area contributed by atoms with Crippen LogP contribution in [0.3, 0.4) is 0 Å². The molecule has 0 aliphatic heterocycles. The summed E-state index contributed by atoms with van der Waals surface area (Å²) < 4.78 is 5.02. The summed E-state index contributed by atoms with van der Waals surface area (Å²) >= 11 is 3.11. The van der Waals surface area contributed by atoms with Crippen molar-refractivity contribution in [3.63, 3.8) is 0 Å². The molecule has 0 saturated carbocycles. The Hall–Kier alpha value is -1.36. The maximum absolute atomic E-state index is 11.9. The summed E-state index contributed by atoms with van der Waals surface area (Å²) in [6.45, 7) is 4.38. The van der Waals surface area contributed by atoms with Crippen molar-refractivity contribution >= 4 is 33.5 Å². The highest BCUT2D eigenvalue weighted by Gasteiger charge is 2.17. The van der Waals surface area contributed by atoms with Crippen molar-refractivity contribution in [2.24, 2.45) is 0 Å². The highest BCUT2D eigenvalue weighted by atomic mass is 79.9. The number of hydrogen-bond donors (Lipinski definition) is 0. The SMILES string of the molecule is CCOC(=O)N(CCC(=O)CBr)c1ccc(C)cc1. The largest absolute Gasteiger partial charge is 0.449 e. The summed E-state index contributed by atoms with van der Waals surface area (Å²) in [4.78, 5) is 24.8. The van der Waals surface area contributed by atoms with Crippen LogP contribution in [-0.2, 0) is 9.53 Å². The fourth-order valence-electron chi connectivity index (χ4n) is 1.56. The highest BCUT2D eigenvalue weighted by molar-refractivity contribution is 9.09. The minimum Gasteiger partial charge on any atom is -0.449 e. The van der Waals surface area contributed by atoms with Crippen LogP contribution in [0, 0.1) is 6.92 Å². The standard InChI is InChI=1S/C14H18BrNO3/c1-3-19-14(18)16(9-8-13(17)10-15)12-6-4-11(2)5-7-12/h4-7H,3,8-10H2,1-2H3. The number of hydrogen-bond acceptors (Lipinski definition) is 3. The van der Waals surface area contributed by atoms with E-state index in [4.69, 9.17) is 4.74 Å². The van der Waals surface area contributed by atoms with Crippen LogP contribution >= 0.6 is 15.9 Å². The summed E-state index contributed by atoms with van der Waals surface area (Å²) in [7, 11) is 0. The molecule has 0 bridgehead atoms. The van der Waals surface area contributed by atoms with Gasteiger partial charge in [0.1, 0.15) is 5.78 Å². The number of carbonyl (C=O) groups is 2. The van der Waals surface area contributed by atoms with Crippen LogP contribution in [0.15, 0.2) is 24.3 Å². The smallest absolute Gasteiger partial charge is 0.414 e. The molecule has 0 unspecified atom stereocenters. The first-order chi connectivity index (χ1) is 9.08. The third-order valence-corrected chi connectivity index (χ3v) is 3.22. The molecule has 19 heavy (non-hydrogen) atoms. The molecular formula is C14H18BrNO3. The Labute approximate surface area is 121 Å². The van der Waals surface area contributed by atoms with Crippen LogP contribution in [0.1, 0.15) is 18.9 Å². The van der Waals surface area contributed by atoms with E-state index in [2.05, 4.69) is 15.9 Å². The molecule has 1 aromatic rings. The van der Waals surface area contributed by atoms with Gasteiger partial charge in [-0.05, 0) is 26.0 Å². The van der Waals surface area contributed by atoms with E-state index in [-0.39, 0.29) is 5.78 Å². The number of nitrogens with zero attached hydrogens (tertiary/aromatic N) is 1. The molecule has 0 N–H and O–H groups in total. The number of carbonyl (C=O) groups excluding carboxylic acids is 2. The number of halogens is 1. The molecule has 4 nitrogen and oxygen atoms in total. The summed E-state index contributed by atoms with van der Waals surface area (Å²) in [6, 6.07) is 7.55. The summed E-state index contributed by atoms with van der Waals surface area (Å²) in [5, 5.41) is 0.303. The fourth-order valence-corrected chi connectivity index (χ4v) is 1.84. The minimum absolute atomic E-state index is 0.0569. The van der Waals surface area contributed by atoms with Gasteiger partial charge in [-0.2, -0.15) is 0 Å². The first-order valence-electron chi connectivity index (χ1n) is 6.17. The number of ketones is 1. The van der Waals surface area contributed by atoms with Crippen molar-refractivity contribution in [1.82, 2.24) is 0 Å². The van der Waals surface area contributed by atoms with Crippen molar-refractivity contribution in [2.75, 3.05) is 23.4 Å². The summed E-state index contributed by atoms with van der Waals surface area (Å²) in [5.74, 6) is 0.0569. The zero-order valence-electron chi connectivity index (χ0n) is 11.2. The topological polar surface area (TPSA) is 46.6 Å². The van der Waals surface area contributed by atoms with E-state index in [0.717, 1.165) is 11.3 Å². The van der Waals surface area contributed by atoms with Crippen LogP contribution < -0.4 is 4.90 Å². The van der Waals surface area contributed by atoms with Gasteiger partial charge in [0.25, 0.3) is 0 Å². The summed E-state index contributed by atoms with van der Waals surface area (Å²) in [6.07, 6.45) is -0.119. The Kier molecular flexibility index (Phi) is 6.56. The van der Waals surface area contributed by atoms with Gasteiger partial charge < -0.3 is 4.74 Å². The van der Waals surface area contributed by atoms with Gasteiger partial charge in [0.05, 0.1) is 11.9 Å². The maximum atomic E-state index is 11.9. The van der Waals surface area contributed by atoms with Gasteiger partial charge in [-0.25, -0.2) is 4.79 Å². The molecule has 1 rings (SSSR count). The highest BCUT2D eigenvalue weighted by Crippen LogP contribution is 2.17. The Morgan fingerprint density at radius 2 is 1.89 bits per heavy atom. The third-order valence-electron chi connectivity index (χ3n) is 2.60. The molecule has 5 heteroatoms. The molecule has 1 amide bonds. The first kappa shape index (κ1) is 15.7. The molecule has 0 atom stereocenters. The normalized spacial score (nSPS) is 10.1. The van der Waals surface area contributed by atoms with E-state index in [0.29, 0.717) is 24.9 Å². The molecule has 0 aromatic heterocycles. The van der Waals surface area contributed by atoms with Crippen LogP contribution in [-0.4, -0.2) is 30.4 Å². The molecule has 104 valence electrons. The average molecular weight is 328 g/mol. The number of ether oxygens (including phenoxy) is 1. The fraction of sp³-hybridized carbons (Fsp3) is 0.429. The molecule has 0 heterocycles. The van der Waals surface area contributed by atoms with Crippen LogP contribution in [0.25, 0.3) is 0 Å². The zero-order chi connectivity index (χ0) is 14.3. The van der Waals surface area contributed by atoms with E-state index in [1.165, 1.54) is 4.90 Å². The predicted octanol–water partition coefficient (Wildman–Crippen LogP) is 3.31. The van der Waals surface area contributed by atoms with Gasteiger partial charge >= 0.3 is 6.09 Å². The van der Waals surface area contributed by atoms with Crippen LogP contribution in [0.2, 0.25) is 0 Å². The van der Waals surface area contributed by atoms with Crippen LogP contribution in [0.5, 0.6) is 0 Å². The van der Waals surface area contributed by atoms with Crippen molar-refractivity contribution in [2.45, 2.75) is 20.3 Å². The third kappa shape index (κ3) is 5.03. The molecule has 0 radical (unpaired) electrons. The number of benzene rings is 1. The van der Waals surface area contributed by atoms with Crippen molar-refractivity contribution in [3.8, 4) is 0 Å². The van der Waals surface area contributed by atoms with E-state index in [1.807, 2.05) is 31.2 Å². The van der Waals surface area contributed by atoms with Gasteiger partial charge in [-0.1, -0.05) is 33.6 Å². The monoisotopic (exact) mass is 327 g/mol. The van der Waals surface area contributed by atoms with E-state index < -0.39 is 6.09 Å². The molecule has 0 fully saturated rings. The lowest BCUT2D eigenvalue weighted by Crippen LogP contribution is -2.33. The average Bonchev–Trinajstić information content (AvgIpc) is 2.41. The van der Waals surface area contributed by atoms with E-state index in [1.54, 1.807) is 6.92 Å². The zero-order valence-corrected chi connectivity index (χ0v) is 12.8. The number of amides is 1. The van der Waals surface area contributed by atoms with Crippen molar-refractivity contribution in [1.29, 1.82) is 0 Å². The summed E-state index contributed by atoms with van der Waals surface area (Å²) in [5.41, 5.74) is 1.86. The number of Topliss-reactive ketones (excluding diaryl/α,β-unsaturated/α-hetero) is 1. The van der Waals surface area contributed by atoms with Gasteiger partial charge in [0.15, 0.2) is 0 Å². The van der Waals surface area contributed by atoms with Gasteiger partial charge in [-0.3, -0.25) is 9.69 Å². The lowest BCUT2D eigenvalue weighted by molar-refractivity contribution is -0.116. The van der Waals surface area contributed by atoms with Gasteiger partial charge in [0, 0.05) is 18.7 Å². The maximum Gasteiger partial charge on any atom is 0.414 e. The molecule has 0 saturated heterocycles. The number of aryl methyl sites for hydroxylation is 1. The number of anilines is 1. The van der Waals surface area contributed by atoms with Crippen molar-refractivity contribution in [3.05, 3.63) is 29.8 Å². The second-order valence-electron chi connectivity index (χ2n) is 4.11. The second kappa shape index (κ2) is 7.94.